The van der Waals surface area contributed by atoms with Crippen LogP contribution in [0.4, 0.5) is 0 Å². The van der Waals surface area contributed by atoms with E-state index in [1.54, 1.807) is 24.3 Å². The van der Waals surface area contributed by atoms with E-state index < -0.39 is 10.0 Å². The molecule has 6 heteroatoms. The van der Waals surface area contributed by atoms with Gasteiger partial charge in [-0.15, -0.1) is 0 Å². The van der Waals surface area contributed by atoms with Crippen molar-refractivity contribution < 1.29 is 8.42 Å². The first-order chi connectivity index (χ1) is 8.80. The van der Waals surface area contributed by atoms with Gasteiger partial charge in [0.1, 0.15) is 4.90 Å². The number of hydrogen-bond acceptors (Lipinski definition) is 3. The molecule has 0 radical (unpaired) electrons. The molecule has 1 aromatic rings. The van der Waals surface area contributed by atoms with Crippen molar-refractivity contribution in [1.82, 2.24) is 9.21 Å². The highest BCUT2D eigenvalue weighted by molar-refractivity contribution is 7.89. The van der Waals surface area contributed by atoms with Crippen molar-refractivity contribution in [2.75, 3.05) is 27.2 Å². The largest absolute Gasteiger partial charge is 0.305 e. The molecule has 1 unspecified atom stereocenters. The minimum atomic E-state index is -3.54. The summed E-state index contributed by atoms with van der Waals surface area (Å²) in [5.74, 6) is 0. The third-order valence-corrected chi connectivity index (χ3v) is 5.60. The summed E-state index contributed by atoms with van der Waals surface area (Å²) in [6.45, 7) is 4.68. The zero-order valence-electron chi connectivity index (χ0n) is 11.8. The van der Waals surface area contributed by atoms with Crippen LogP contribution in [0.1, 0.15) is 13.8 Å². The third-order valence-electron chi connectivity index (χ3n) is 3.16. The highest BCUT2D eigenvalue weighted by Crippen LogP contribution is 2.24. The lowest BCUT2D eigenvalue weighted by molar-refractivity contribution is 0.261. The first-order valence-corrected chi connectivity index (χ1v) is 8.03. The molecule has 0 aromatic heterocycles. The summed E-state index contributed by atoms with van der Waals surface area (Å²) in [7, 11) is 0.327. The Balaban J connectivity index is 3.07. The molecule has 1 rings (SSSR count). The van der Waals surface area contributed by atoms with Crippen LogP contribution in [-0.2, 0) is 10.0 Å². The summed E-state index contributed by atoms with van der Waals surface area (Å²) in [5, 5.41) is 0.262. The number of likely N-dealkylation sites (N-methyl/N-ethyl adjacent to an activating group) is 2. The molecule has 4 nitrogen and oxygen atoms in total. The van der Waals surface area contributed by atoms with Gasteiger partial charge in [-0.2, -0.15) is 4.31 Å². The number of benzene rings is 1. The molecule has 0 bridgehead atoms. The molecule has 0 saturated carbocycles. The van der Waals surface area contributed by atoms with Crippen molar-refractivity contribution in [3.63, 3.8) is 0 Å². The summed E-state index contributed by atoms with van der Waals surface area (Å²) in [6, 6.07) is 6.68. The average molecular weight is 305 g/mol. The van der Waals surface area contributed by atoms with E-state index in [1.807, 2.05) is 32.8 Å². The average Bonchev–Trinajstić information content (AvgIpc) is 2.35. The van der Waals surface area contributed by atoms with Crippen LogP contribution < -0.4 is 0 Å². The molecule has 0 heterocycles. The monoisotopic (exact) mass is 304 g/mol. The Morgan fingerprint density at radius 1 is 1.26 bits per heavy atom. The minimum absolute atomic E-state index is 0.136. The van der Waals surface area contributed by atoms with Gasteiger partial charge in [0.2, 0.25) is 10.0 Å². The molecule has 0 spiro atoms. The molecule has 0 amide bonds. The van der Waals surface area contributed by atoms with Gasteiger partial charge < -0.3 is 4.90 Å². The summed E-state index contributed by atoms with van der Waals surface area (Å²) in [6.07, 6.45) is 0. The van der Waals surface area contributed by atoms with Crippen LogP contribution in [0.25, 0.3) is 0 Å². The molecular formula is C13H21ClN2O2S. The van der Waals surface area contributed by atoms with E-state index in [1.165, 1.54) is 4.31 Å². The molecule has 0 saturated heterocycles. The molecule has 0 N–H and O–H groups in total. The van der Waals surface area contributed by atoms with Crippen molar-refractivity contribution in [2.24, 2.45) is 0 Å². The van der Waals surface area contributed by atoms with E-state index in [2.05, 4.69) is 0 Å². The van der Waals surface area contributed by atoms with Gasteiger partial charge in [0.05, 0.1) is 5.02 Å². The zero-order valence-corrected chi connectivity index (χ0v) is 13.4. The fourth-order valence-corrected chi connectivity index (χ4v) is 3.67. The molecular weight excluding hydrogens is 284 g/mol. The Bertz CT molecular complexity index is 517. The smallest absolute Gasteiger partial charge is 0.244 e. The van der Waals surface area contributed by atoms with E-state index in [-0.39, 0.29) is 16.0 Å². The lowest BCUT2D eigenvalue weighted by Crippen LogP contribution is -2.41. The van der Waals surface area contributed by atoms with Crippen molar-refractivity contribution in [2.45, 2.75) is 24.8 Å². The van der Waals surface area contributed by atoms with Gasteiger partial charge in [0.15, 0.2) is 0 Å². The Morgan fingerprint density at radius 2 is 1.84 bits per heavy atom. The van der Waals surface area contributed by atoms with Crippen molar-refractivity contribution in [3.8, 4) is 0 Å². The lowest BCUT2D eigenvalue weighted by atomic mass is 10.3. The molecule has 108 valence electrons. The van der Waals surface area contributed by atoms with Crippen molar-refractivity contribution >= 4 is 21.6 Å². The normalized spacial score (nSPS) is 14.1. The predicted octanol–water partition coefficient (Wildman–Crippen LogP) is 2.30. The number of hydrogen-bond donors (Lipinski definition) is 0. The standard InChI is InChI=1S/C13H21ClN2O2S/c1-5-16(10-11(2)15(3)4)19(17,18)13-9-7-6-8-12(13)14/h6-9,11H,5,10H2,1-4H3. The third kappa shape index (κ3) is 3.92. The fraction of sp³-hybridized carbons (Fsp3) is 0.538. The zero-order chi connectivity index (χ0) is 14.6. The topological polar surface area (TPSA) is 40.6 Å². The van der Waals surface area contributed by atoms with Crippen LogP contribution in [0.15, 0.2) is 29.2 Å². The van der Waals surface area contributed by atoms with E-state index in [0.717, 1.165) is 0 Å². The summed E-state index contributed by atoms with van der Waals surface area (Å²) in [4.78, 5) is 2.16. The first kappa shape index (κ1) is 16.4. The molecule has 0 fully saturated rings. The Kier molecular flexibility index (Phi) is 5.80. The molecule has 0 aliphatic carbocycles. The van der Waals surface area contributed by atoms with Gasteiger partial charge in [0, 0.05) is 19.1 Å². The number of halogens is 1. The van der Waals surface area contributed by atoms with Crippen LogP contribution in [-0.4, -0.2) is 50.8 Å². The maximum Gasteiger partial charge on any atom is 0.244 e. The quantitative estimate of drug-likeness (QED) is 0.810. The number of sulfonamides is 1. The molecule has 1 aromatic carbocycles. The van der Waals surface area contributed by atoms with Gasteiger partial charge in [-0.3, -0.25) is 0 Å². The maximum absolute atomic E-state index is 12.6. The van der Waals surface area contributed by atoms with Crippen LogP contribution in [0, 0.1) is 0 Å². The minimum Gasteiger partial charge on any atom is -0.305 e. The SMILES string of the molecule is CCN(CC(C)N(C)C)S(=O)(=O)c1ccccc1Cl. The van der Waals surface area contributed by atoms with Gasteiger partial charge in [-0.1, -0.05) is 30.7 Å². The van der Waals surface area contributed by atoms with E-state index in [4.69, 9.17) is 11.6 Å². The van der Waals surface area contributed by atoms with Crippen molar-refractivity contribution in [1.29, 1.82) is 0 Å². The van der Waals surface area contributed by atoms with E-state index in [9.17, 15) is 8.42 Å². The predicted molar refractivity (Wildman–Crippen MR) is 79.0 cm³/mol. The highest BCUT2D eigenvalue weighted by atomic mass is 35.5. The highest BCUT2D eigenvalue weighted by Gasteiger charge is 2.26. The van der Waals surface area contributed by atoms with Gasteiger partial charge in [0.25, 0.3) is 0 Å². The second kappa shape index (κ2) is 6.70. The van der Waals surface area contributed by atoms with Gasteiger partial charge in [-0.05, 0) is 33.2 Å². The second-order valence-electron chi connectivity index (χ2n) is 4.70. The summed E-state index contributed by atoms with van der Waals surface area (Å²) < 4.78 is 26.6. The molecule has 19 heavy (non-hydrogen) atoms. The van der Waals surface area contributed by atoms with Gasteiger partial charge >= 0.3 is 0 Å². The second-order valence-corrected chi connectivity index (χ2v) is 7.01. The Morgan fingerprint density at radius 3 is 2.32 bits per heavy atom. The van der Waals surface area contributed by atoms with Crippen LogP contribution in [0.3, 0.4) is 0 Å². The van der Waals surface area contributed by atoms with Crippen LogP contribution in [0.5, 0.6) is 0 Å². The van der Waals surface area contributed by atoms with E-state index >= 15 is 0 Å². The maximum atomic E-state index is 12.6. The molecule has 0 aliphatic rings. The van der Waals surface area contributed by atoms with Crippen LogP contribution in [0.2, 0.25) is 5.02 Å². The van der Waals surface area contributed by atoms with Crippen molar-refractivity contribution in [3.05, 3.63) is 29.3 Å². The lowest BCUT2D eigenvalue weighted by Gasteiger charge is -2.27. The number of nitrogens with zero attached hydrogens (tertiary/aromatic N) is 2. The van der Waals surface area contributed by atoms with E-state index in [0.29, 0.717) is 13.1 Å². The number of rotatable bonds is 6. The molecule has 1 atom stereocenters. The fourth-order valence-electron chi connectivity index (χ4n) is 1.65. The molecule has 0 aliphatic heterocycles. The van der Waals surface area contributed by atoms with Crippen LogP contribution >= 0.6 is 11.6 Å². The van der Waals surface area contributed by atoms with Gasteiger partial charge in [-0.25, -0.2) is 8.42 Å². The first-order valence-electron chi connectivity index (χ1n) is 6.21. The Hall–Kier alpha value is -0.620. The Labute approximate surface area is 121 Å². The summed E-state index contributed by atoms with van der Waals surface area (Å²) in [5.41, 5.74) is 0. The summed E-state index contributed by atoms with van der Waals surface area (Å²) >= 11 is 5.99.